The lowest BCUT2D eigenvalue weighted by Gasteiger charge is -2.24. The highest BCUT2D eigenvalue weighted by molar-refractivity contribution is 5.96. The fourth-order valence-electron chi connectivity index (χ4n) is 2.34. The Morgan fingerprint density at radius 3 is 2.71 bits per heavy atom. The molecule has 3 amide bonds. The molecule has 0 radical (unpaired) electrons. The molecule has 1 unspecified atom stereocenters. The molecule has 1 fully saturated rings. The van der Waals surface area contributed by atoms with Crippen molar-refractivity contribution in [1.82, 2.24) is 15.4 Å². The molecule has 2 N–H and O–H groups in total. The highest BCUT2D eigenvalue weighted by Crippen LogP contribution is 2.25. The molecule has 1 aromatic heterocycles. The lowest BCUT2D eigenvalue weighted by atomic mass is 10.2. The first-order valence-electron chi connectivity index (χ1n) is 7.07. The van der Waals surface area contributed by atoms with Gasteiger partial charge in [0.05, 0.1) is 6.54 Å². The fourth-order valence-corrected chi connectivity index (χ4v) is 2.34. The largest absolute Gasteiger partial charge is 0.471 e. The van der Waals surface area contributed by atoms with E-state index in [2.05, 4.69) is 15.8 Å². The van der Waals surface area contributed by atoms with Crippen molar-refractivity contribution in [2.24, 2.45) is 0 Å². The van der Waals surface area contributed by atoms with Crippen LogP contribution in [0.3, 0.4) is 0 Å². The Kier molecular flexibility index (Phi) is 5.10. The van der Waals surface area contributed by atoms with Crippen LogP contribution in [-0.4, -0.2) is 53.1 Å². The molecule has 0 bridgehead atoms. The van der Waals surface area contributed by atoms with Crippen LogP contribution >= 0.6 is 0 Å². The number of hydrogen-bond donors (Lipinski definition) is 2. The molecule has 8 nitrogen and oxygen atoms in total. The predicted molar refractivity (Wildman–Crippen MR) is 73.7 cm³/mol. The molecule has 0 aliphatic carbocycles. The maximum absolute atomic E-state index is 12.5. The number of carbonyl (C=O) groups excluding carboxylic acids is 3. The smallest absolute Gasteiger partial charge is 0.360 e. The summed E-state index contributed by atoms with van der Waals surface area (Å²) in [7, 11) is 0. The van der Waals surface area contributed by atoms with Gasteiger partial charge in [-0.15, -0.1) is 0 Å². The van der Waals surface area contributed by atoms with Crippen LogP contribution in [0.25, 0.3) is 0 Å². The lowest BCUT2D eigenvalue weighted by molar-refractivity contribution is -0.186. The Morgan fingerprint density at radius 2 is 2.12 bits per heavy atom. The minimum absolute atomic E-state index is 0.109. The summed E-state index contributed by atoms with van der Waals surface area (Å²) in [5, 5.41) is 8.09. The molecule has 1 saturated heterocycles. The minimum Gasteiger partial charge on any atom is -0.360 e. The maximum Gasteiger partial charge on any atom is 0.471 e. The maximum atomic E-state index is 12.5. The number of nitrogens with one attached hydrogen (secondary N) is 2. The van der Waals surface area contributed by atoms with Gasteiger partial charge < -0.3 is 20.1 Å². The number of hydrogen-bond acceptors (Lipinski definition) is 5. The zero-order chi connectivity index (χ0) is 17.9. The van der Waals surface area contributed by atoms with Crippen molar-refractivity contribution < 1.29 is 32.1 Å². The van der Waals surface area contributed by atoms with Crippen molar-refractivity contribution in [2.45, 2.75) is 32.0 Å². The van der Waals surface area contributed by atoms with Crippen LogP contribution in [-0.2, 0) is 14.4 Å². The molecule has 11 heteroatoms. The minimum atomic E-state index is -5.04. The molecule has 1 aliphatic rings. The van der Waals surface area contributed by atoms with Crippen LogP contribution in [0.5, 0.6) is 0 Å². The molecule has 1 aromatic rings. The van der Waals surface area contributed by atoms with Gasteiger partial charge in [-0.2, -0.15) is 13.2 Å². The number of nitrogens with zero attached hydrogens (tertiary/aromatic N) is 2. The average Bonchev–Trinajstić information content (AvgIpc) is 3.12. The monoisotopic (exact) mass is 348 g/mol. The van der Waals surface area contributed by atoms with E-state index in [1.165, 1.54) is 6.07 Å². The molecule has 24 heavy (non-hydrogen) atoms. The Labute approximate surface area is 134 Å². The highest BCUT2D eigenvalue weighted by Gasteiger charge is 2.47. The zero-order valence-electron chi connectivity index (χ0n) is 12.6. The summed E-state index contributed by atoms with van der Waals surface area (Å²) in [6.07, 6.45) is -4.65. The third-order valence-electron chi connectivity index (χ3n) is 3.38. The summed E-state index contributed by atoms with van der Waals surface area (Å²) in [4.78, 5) is 35.4. The summed E-state index contributed by atoms with van der Waals surface area (Å²) in [6, 6.07) is 0.224. The van der Waals surface area contributed by atoms with Gasteiger partial charge >= 0.3 is 12.1 Å². The Bertz CT molecular complexity index is 643. The first-order chi connectivity index (χ1) is 11.2. The van der Waals surface area contributed by atoms with Gasteiger partial charge in [0.2, 0.25) is 11.8 Å². The van der Waals surface area contributed by atoms with Gasteiger partial charge in [0.25, 0.3) is 0 Å². The van der Waals surface area contributed by atoms with Gasteiger partial charge in [0, 0.05) is 12.6 Å². The summed E-state index contributed by atoms with van der Waals surface area (Å²) in [5.41, 5.74) is 0. The van der Waals surface area contributed by atoms with Crippen LogP contribution in [0.15, 0.2) is 10.6 Å². The van der Waals surface area contributed by atoms with Gasteiger partial charge in [-0.1, -0.05) is 5.16 Å². The van der Waals surface area contributed by atoms with E-state index in [9.17, 15) is 27.6 Å². The number of anilines is 1. The van der Waals surface area contributed by atoms with Crippen LogP contribution in [0.4, 0.5) is 19.0 Å². The standard InChI is InChI=1S/C13H15F3N4O4/c1-7-5-9(19-24-7)18-10(21)6-17-11(22)8-3-2-4-20(8)12(23)13(14,15)16/h5,8H,2-4,6H2,1H3,(H,17,22)(H,18,19,21). The van der Waals surface area contributed by atoms with Gasteiger partial charge in [0.15, 0.2) is 5.82 Å². The van der Waals surface area contributed by atoms with E-state index in [1.807, 2.05) is 0 Å². The number of amides is 3. The Morgan fingerprint density at radius 1 is 1.42 bits per heavy atom. The van der Waals surface area contributed by atoms with E-state index >= 15 is 0 Å². The van der Waals surface area contributed by atoms with Crippen molar-refractivity contribution in [2.75, 3.05) is 18.4 Å². The molecule has 132 valence electrons. The molecule has 0 saturated carbocycles. The van der Waals surface area contributed by atoms with Crippen LogP contribution in [0.2, 0.25) is 0 Å². The van der Waals surface area contributed by atoms with Gasteiger partial charge in [-0.05, 0) is 19.8 Å². The molecular formula is C13H15F3N4O4. The second kappa shape index (κ2) is 6.89. The number of aryl methyl sites for hydroxylation is 1. The topological polar surface area (TPSA) is 105 Å². The van der Waals surface area contributed by atoms with Crippen molar-refractivity contribution in [3.63, 3.8) is 0 Å². The third kappa shape index (κ3) is 4.24. The average molecular weight is 348 g/mol. The van der Waals surface area contributed by atoms with E-state index in [0.717, 1.165) is 0 Å². The van der Waals surface area contributed by atoms with Crippen LogP contribution in [0, 0.1) is 6.92 Å². The van der Waals surface area contributed by atoms with Crippen molar-refractivity contribution in [3.05, 3.63) is 11.8 Å². The first-order valence-corrected chi connectivity index (χ1v) is 7.07. The van der Waals surface area contributed by atoms with E-state index in [-0.39, 0.29) is 25.2 Å². The van der Waals surface area contributed by atoms with E-state index in [1.54, 1.807) is 6.92 Å². The highest BCUT2D eigenvalue weighted by atomic mass is 19.4. The molecule has 1 atom stereocenters. The number of likely N-dealkylation sites (tertiary alicyclic amines) is 1. The quantitative estimate of drug-likeness (QED) is 0.829. The molecule has 2 rings (SSSR count). The Hall–Kier alpha value is -2.59. The fraction of sp³-hybridized carbons (Fsp3) is 0.538. The van der Waals surface area contributed by atoms with Gasteiger partial charge in [-0.25, -0.2) is 0 Å². The van der Waals surface area contributed by atoms with Crippen molar-refractivity contribution >= 4 is 23.5 Å². The zero-order valence-corrected chi connectivity index (χ0v) is 12.6. The summed E-state index contributed by atoms with van der Waals surface area (Å²) in [6.45, 7) is 1.01. The summed E-state index contributed by atoms with van der Waals surface area (Å²) < 4.78 is 42.2. The second-order valence-corrected chi connectivity index (χ2v) is 5.24. The predicted octanol–water partition coefficient (Wildman–Crippen LogP) is 0.591. The number of aromatic nitrogens is 1. The number of carbonyl (C=O) groups is 3. The molecule has 0 aromatic carbocycles. The lowest BCUT2D eigenvalue weighted by Crippen LogP contribution is -2.51. The van der Waals surface area contributed by atoms with E-state index < -0.39 is 36.5 Å². The molecule has 1 aliphatic heterocycles. The molecule has 0 spiro atoms. The second-order valence-electron chi connectivity index (χ2n) is 5.24. The van der Waals surface area contributed by atoms with Gasteiger partial charge in [-0.3, -0.25) is 14.4 Å². The third-order valence-corrected chi connectivity index (χ3v) is 3.38. The molecule has 2 heterocycles. The van der Waals surface area contributed by atoms with E-state index in [0.29, 0.717) is 10.7 Å². The normalized spacial score (nSPS) is 17.7. The first kappa shape index (κ1) is 17.8. The van der Waals surface area contributed by atoms with Crippen LogP contribution in [0.1, 0.15) is 18.6 Å². The summed E-state index contributed by atoms with van der Waals surface area (Å²) >= 11 is 0. The van der Waals surface area contributed by atoms with Crippen molar-refractivity contribution in [1.29, 1.82) is 0 Å². The van der Waals surface area contributed by atoms with Crippen molar-refractivity contribution in [3.8, 4) is 0 Å². The number of rotatable bonds is 4. The van der Waals surface area contributed by atoms with Crippen LogP contribution < -0.4 is 10.6 Å². The Balaban J connectivity index is 1.87. The molecular weight excluding hydrogens is 333 g/mol. The van der Waals surface area contributed by atoms with Gasteiger partial charge in [0.1, 0.15) is 11.8 Å². The number of alkyl halides is 3. The summed E-state index contributed by atoms with van der Waals surface area (Å²) in [5.74, 6) is -2.86. The van der Waals surface area contributed by atoms with E-state index in [4.69, 9.17) is 4.52 Å². The number of halogens is 3. The SMILES string of the molecule is Cc1cc(NC(=O)CNC(=O)C2CCCN2C(=O)C(F)(F)F)no1.